The van der Waals surface area contributed by atoms with E-state index in [4.69, 9.17) is 11.6 Å². The van der Waals surface area contributed by atoms with Crippen molar-refractivity contribution in [2.75, 3.05) is 11.9 Å². The standard InChI is InChI=1S/C22H16ClF3N4/c23-18-6-2-1-4-14(18)9-11-28-21-16-8-7-15(12-19(16)29-13-30-21)20-17(22(24,25)26)5-3-10-27-20/h1-8,10,12-13H,9,11H2,(H,28,29,30). The number of hydrogen-bond acceptors (Lipinski definition) is 4. The number of pyridine rings is 1. The van der Waals surface area contributed by atoms with E-state index in [0.717, 1.165) is 11.6 Å². The Bertz CT molecular complexity index is 1190. The number of fused-ring (bicyclic) bond motifs is 1. The van der Waals surface area contributed by atoms with Crippen molar-refractivity contribution in [3.05, 3.63) is 83.3 Å². The second-order valence-corrected chi connectivity index (χ2v) is 7.03. The predicted molar refractivity (Wildman–Crippen MR) is 111 cm³/mol. The van der Waals surface area contributed by atoms with Gasteiger partial charge in [0.15, 0.2) is 0 Å². The molecule has 2 heterocycles. The summed E-state index contributed by atoms with van der Waals surface area (Å²) < 4.78 is 40.0. The second kappa shape index (κ2) is 8.28. The predicted octanol–water partition coefficient (Wildman–Crippen LogP) is 6.02. The average molecular weight is 429 g/mol. The van der Waals surface area contributed by atoms with Gasteiger partial charge in [-0.2, -0.15) is 13.2 Å². The van der Waals surface area contributed by atoms with Gasteiger partial charge in [-0.3, -0.25) is 4.98 Å². The van der Waals surface area contributed by atoms with Crippen molar-refractivity contribution >= 4 is 28.3 Å². The molecule has 0 aliphatic carbocycles. The maximum absolute atomic E-state index is 13.3. The molecule has 0 bridgehead atoms. The number of hydrogen-bond donors (Lipinski definition) is 1. The van der Waals surface area contributed by atoms with Crippen molar-refractivity contribution in [1.82, 2.24) is 15.0 Å². The summed E-state index contributed by atoms with van der Waals surface area (Å²) in [5.74, 6) is 0.607. The molecular weight excluding hydrogens is 413 g/mol. The first kappa shape index (κ1) is 20.1. The molecule has 30 heavy (non-hydrogen) atoms. The van der Waals surface area contributed by atoms with Crippen molar-refractivity contribution in [2.45, 2.75) is 12.6 Å². The van der Waals surface area contributed by atoms with Crippen LogP contribution in [0.3, 0.4) is 0 Å². The van der Waals surface area contributed by atoms with Crippen molar-refractivity contribution in [3.63, 3.8) is 0 Å². The summed E-state index contributed by atoms with van der Waals surface area (Å²) in [5.41, 5.74) is 0.982. The Balaban J connectivity index is 1.61. The number of benzene rings is 2. The van der Waals surface area contributed by atoms with Crippen molar-refractivity contribution in [1.29, 1.82) is 0 Å². The third-order valence-corrected chi connectivity index (χ3v) is 5.04. The lowest BCUT2D eigenvalue weighted by atomic mass is 10.0. The first-order valence-electron chi connectivity index (χ1n) is 9.18. The molecule has 2 aromatic heterocycles. The van der Waals surface area contributed by atoms with Crippen LogP contribution < -0.4 is 5.32 Å². The number of halogens is 4. The first-order valence-corrected chi connectivity index (χ1v) is 9.56. The molecule has 0 aliphatic rings. The van der Waals surface area contributed by atoms with E-state index in [1.165, 1.54) is 18.6 Å². The van der Waals surface area contributed by atoms with Crippen molar-refractivity contribution in [2.24, 2.45) is 0 Å². The maximum Gasteiger partial charge on any atom is 0.418 e. The first-order chi connectivity index (χ1) is 14.4. The van der Waals surface area contributed by atoms with Crippen LogP contribution in [0.4, 0.5) is 19.0 Å². The Hall–Kier alpha value is -3.19. The molecule has 0 saturated carbocycles. The lowest BCUT2D eigenvalue weighted by Gasteiger charge is -2.13. The molecule has 4 aromatic rings. The van der Waals surface area contributed by atoms with Gasteiger partial charge in [0, 0.05) is 28.7 Å². The second-order valence-electron chi connectivity index (χ2n) is 6.62. The Morgan fingerprint density at radius 3 is 2.57 bits per heavy atom. The molecule has 2 aromatic carbocycles. The normalized spacial score (nSPS) is 11.6. The highest BCUT2D eigenvalue weighted by atomic mass is 35.5. The minimum absolute atomic E-state index is 0.126. The van der Waals surface area contributed by atoms with E-state index in [1.807, 2.05) is 24.3 Å². The molecular formula is C22H16ClF3N4. The molecule has 152 valence electrons. The van der Waals surface area contributed by atoms with Crippen LogP contribution in [0.15, 0.2) is 67.1 Å². The Kier molecular flexibility index (Phi) is 5.55. The summed E-state index contributed by atoms with van der Waals surface area (Å²) in [6.45, 7) is 0.593. The van der Waals surface area contributed by atoms with E-state index in [2.05, 4.69) is 20.3 Å². The molecule has 0 amide bonds. The van der Waals surface area contributed by atoms with E-state index in [0.29, 0.717) is 40.3 Å². The van der Waals surface area contributed by atoms with Gasteiger partial charge in [-0.15, -0.1) is 0 Å². The topological polar surface area (TPSA) is 50.7 Å². The van der Waals surface area contributed by atoms with Crippen LogP contribution in [0, 0.1) is 0 Å². The number of rotatable bonds is 5. The van der Waals surface area contributed by atoms with Crippen LogP contribution in [0.25, 0.3) is 22.2 Å². The van der Waals surface area contributed by atoms with Gasteiger partial charge in [0.2, 0.25) is 0 Å². The molecule has 0 atom stereocenters. The van der Waals surface area contributed by atoms with Crippen LogP contribution in [-0.4, -0.2) is 21.5 Å². The highest BCUT2D eigenvalue weighted by Gasteiger charge is 2.34. The van der Waals surface area contributed by atoms with Gasteiger partial charge in [0.1, 0.15) is 12.1 Å². The third kappa shape index (κ3) is 4.21. The minimum Gasteiger partial charge on any atom is -0.369 e. The molecule has 4 rings (SSSR count). The van der Waals surface area contributed by atoms with Gasteiger partial charge >= 0.3 is 6.18 Å². The lowest BCUT2D eigenvalue weighted by Crippen LogP contribution is -2.08. The minimum atomic E-state index is -4.49. The molecule has 0 aliphatic heterocycles. The van der Waals surface area contributed by atoms with E-state index in [1.54, 1.807) is 18.2 Å². The van der Waals surface area contributed by atoms with Crippen LogP contribution in [0.2, 0.25) is 5.02 Å². The summed E-state index contributed by atoms with van der Waals surface area (Å²) >= 11 is 6.18. The number of nitrogens with zero attached hydrogens (tertiary/aromatic N) is 3. The molecule has 0 radical (unpaired) electrons. The zero-order valence-electron chi connectivity index (χ0n) is 15.6. The van der Waals surface area contributed by atoms with E-state index >= 15 is 0 Å². The van der Waals surface area contributed by atoms with Gasteiger partial charge < -0.3 is 5.32 Å². The fourth-order valence-electron chi connectivity index (χ4n) is 3.23. The fourth-order valence-corrected chi connectivity index (χ4v) is 3.46. The smallest absolute Gasteiger partial charge is 0.369 e. The summed E-state index contributed by atoms with van der Waals surface area (Å²) in [7, 11) is 0. The number of aromatic nitrogens is 3. The average Bonchev–Trinajstić information content (AvgIpc) is 2.74. The monoisotopic (exact) mass is 428 g/mol. The maximum atomic E-state index is 13.3. The van der Waals surface area contributed by atoms with E-state index in [9.17, 15) is 13.2 Å². The van der Waals surface area contributed by atoms with Crippen molar-refractivity contribution < 1.29 is 13.2 Å². The number of alkyl halides is 3. The summed E-state index contributed by atoms with van der Waals surface area (Å²) in [4.78, 5) is 12.4. The molecule has 0 saturated heterocycles. The van der Waals surface area contributed by atoms with Crippen LogP contribution in [-0.2, 0) is 12.6 Å². The Labute approximate surface area is 175 Å². The quantitative estimate of drug-likeness (QED) is 0.422. The third-order valence-electron chi connectivity index (χ3n) is 4.67. The Morgan fingerprint density at radius 1 is 0.933 bits per heavy atom. The van der Waals surface area contributed by atoms with E-state index in [-0.39, 0.29) is 5.69 Å². The molecule has 0 fully saturated rings. The summed E-state index contributed by atoms with van der Waals surface area (Å²) in [6, 6.07) is 14.8. The fraction of sp³-hybridized carbons (Fsp3) is 0.136. The zero-order valence-corrected chi connectivity index (χ0v) is 16.4. The SMILES string of the molecule is FC(F)(F)c1cccnc1-c1ccc2c(NCCc3ccccc3Cl)ncnc2c1. The van der Waals surface area contributed by atoms with Gasteiger partial charge in [-0.05, 0) is 42.3 Å². The van der Waals surface area contributed by atoms with Gasteiger partial charge in [-0.1, -0.05) is 35.9 Å². The van der Waals surface area contributed by atoms with Crippen molar-refractivity contribution in [3.8, 4) is 11.3 Å². The molecule has 0 unspecified atom stereocenters. The van der Waals surface area contributed by atoms with Crippen LogP contribution >= 0.6 is 11.6 Å². The van der Waals surface area contributed by atoms with Crippen LogP contribution in [0.5, 0.6) is 0 Å². The highest BCUT2D eigenvalue weighted by molar-refractivity contribution is 6.31. The van der Waals surface area contributed by atoms with Crippen LogP contribution in [0.1, 0.15) is 11.1 Å². The molecule has 8 heteroatoms. The summed E-state index contributed by atoms with van der Waals surface area (Å²) in [5, 5.41) is 4.67. The largest absolute Gasteiger partial charge is 0.418 e. The lowest BCUT2D eigenvalue weighted by molar-refractivity contribution is -0.137. The van der Waals surface area contributed by atoms with Gasteiger partial charge in [0.25, 0.3) is 0 Å². The van der Waals surface area contributed by atoms with Gasteiger partial charge in [0.05, 0.1) is 16.8 Å². The Morgan fingerprint density at radius 2 is 1.77 bits per heavy atom. The van der Waals surface area contributed by atoms with Gasteiger partial charge in [-0.25, -0.2) is 9.97 Å². The molecule has 4 nitrogen and oxygen atoms in total. The number of anilines is 1. The molecule has 0 spiro atoms. The van der Waals surface area contributed by atoms with E-state index < -0.39 is 11.7 Å². The number of nitrogens with one attached hydrogen (secondary N) is 1. The highest BCUT2D eigenvalue weighted by Crippen LogP contribution is 2.36. The summed E-state index contributed by atoms with van der Waals surface area (Å²) in [6.07, 6.45) is -1.06. The molecule has 1 N–H and O–H groups in total. The zero-order chi connectivity index (χ0) is 21.1.